The van der Waals surface area contributed by atoms with E-state index in [4.69, 9.17) is 4.74 Å². The fourth-order valence-corrected chi connectivity index (χ4v) is 4.26. The number of carbonyl (C=O) groups is 1. The maximum Gasteiger partial charge on any atom is 0.258 e. The highest BCUT2D eigenvalue weighted by Crippen LogP contribution is 2.29. The van der Waals surface area contributed by atoms with Crippen molar-refractivity contribution in [2.75, 3.05) is 12.9 Å². The third-order valence-corrected chi connectivity index (χ3v) is 6.29. The number of fused-ring (bicyclic) bond motifs is 1. The Morgan fingerprint density at radius 3 is 2.50 bits per heavy atom. The van der Waals surface area contributed by atoms with Gasteiger partial charge in [-0.25, -0.2) is 8.42 Å². The molecule has 0 heterocycles. The topological polar surface area (TPSA) is 72.5 Å². The molecule has 1 aliphatic rings. The van der Waals surface area contributed by atoms with Crippen molar-refractivity contribution < 1.29 is 17.9 Å². The highest BCUT2D eigenvalue weighted by molar-refractivity contribution is 7.90. The van der Waals surface area contributed by atoms with Gasteiger partial charge in [0.15, 0.2) is 16.4 Å². The molecule has 2 aromatic rings. The summed E-state index contributed by atoms with van der Waals surface area (Å²) < 4.78 is 29.0. The van der Waals surface area contributed by atoms with Gasteiger partial charge in [0.05, 0.1) is 10.9 Å². The van der Waals surface area contributed by atoms with Crippen LogP contribution in [0.5, 0.6) is 5.75 Å². The Balaban J connectivity index is 1.62. The summed E-state index contributed by atoms with van der Waals surface area (Å²) in [6.45, 7) is 1.94. The molecule has 1 atom stereocenters. The van der Waals surface area contributed by atoms with Gasteiger partial charge < -0.3 is 10.1 Å². The van der Waals surface area contributed by atoms with E-state index in [1.807, 2.05) is 19.1 Å². The van der Waals surface area contributed by atoms with E-state index in [1.54, 1.807) is 24.3 Å². The van der Waals surface area contributed by atoms with Crippen molar-refractivity contribution in [1.82, 2.24) is 5.32 Å². The molecule has 1 unspecified atom stereocenters. The van der Waals surface area contributed by atoms with Gasteiger partial charge in [-0.05, 0) is 67.0 Å². The summed E-state index contributed by atoms with van der Waals surface area (Å²) in [7, 11) is -3.23. The van der Waals surface area contributed by atoms with Crippen LogP contribution in [0.4, 0.5) is 0 Å². The molecule has 0 aliphatic heterocycles. The van der Waals surface area contributed by atoms with E-state index in [9.17, 15) is 13.2 Å². The summed E-state index contributed by atoms with van der Waals surface area (Å²) in [4.78, 5) is 12.7. The van der Waals surface area contributed by atoms with Crippen molar-refractivity contribution >= 4 is 15.7 Å². The van der Waals surface area contributed by atoms with E-state index in [2.05, 4.69) is 11.4 Å². The number of carbonyl (C=O) groups excluding carboxylic acids is 1. The van der Waals surface area contributed by atoms with Gasteiger partial charge in [-0.1, -0.05) is 31.2 Å². The van der Waals surface area contributed by atoms with E-state index in [0.717, 1.165) is 30.6 Å². The average Bonchev–Trinajstić information content (AvgIpc) is 2.70. The Hall–Kier alpha value is -2.34. The SMILES string of the molecule is CCC(NC(=O)COc1cccc2c1CCCC2)c1ccc(S(C)(=O)=O)cc1. The standard InChI is InChI=1S/C22H27NO4S/c1-3-20(17-11-13-18(14-12-17)28(2,25)26)23-22(24)15-27-21-10-6-8-16-7-4-5-9-19(16)21/h6,8,10-14,20H,3-5,7,9,15H2,1-2H3,(H,23,24). The van der Waals surface area contributed by atoms with Crippen molar-refractivity contribution in [3.05, 3.63) is 59.2 Å². The number of aryl methyl sites for hydroxylation is 1. The predicted octanol–water partition coefficient (Wildman–Crippen LogP) is 3.62. The number of nitrogens with one attached hydrogen (secondary N) is 1. The summed E-state index contributed by atoms with van der Waals surface area (Å²) in [5, 5.41) is 2.98. The molecule has 1 amide bonds. The molecule has 5 nitrogen and oxygen atoms in total. The first kappa shape index (κ1) is 20.4. The predicted molar refractivity (Wildman–Crippen MR) is 109 cm³/mol. The van der Waals surface area contributed by atoms with E-state index >= 15 is 0 Å². The maximum atomic E-state index is 12.4. The molecule has 0 spiro atoms. The Labute approximate surface area is 167 Å². The first-order valence-electron chi connectivity index (χ1n) is 9.71. The summed E-state index contributed by atoms with van der Waals surface area (Å²) in [6, 6.07) is 12.5. The maximum absolute atomic E-state index is 12.4. The van der Waals surface area contributed by atoms with E-state index < -0.39 is 9.84 Å². The zero-order valence-electron chi connectivity index (χ0n) is 16.4. The lowest BCUT2D eigenvalue weighted by Gasteiger charge is -2.21. The molecule has 0 radical (unpaired) electrons. The van der Waals surface area contributed by atoms with Gasteiger partial charge in [0.25, 0.3) is 5.91 Å². The third-order valence-electron chi connectivity index (χ3n) is 5.17. The lowest BCUT2D eigenvalue weighted by Crippen LogP contribution is -2.32. The minimum atomic E-state index is -3.23. The lowest BCUT2D eigenvalue weighted by molar-refractivity contribution is -0.123. The zero-order valence-corrected chi connectivity index (χ0v) is 17.2. The van der Waals surface area contributed by atoms with Crippen molar-refractivity contribution in [2.45, 2.75) is 50.0 Å². The Bertz CT molecular complexity index is 936. The Morgan fingerprint density at radius 2 is 1.82 bits per heavy atom. The molecule has 6 heteroatoms. The van der Waals surface area contributed by atoms with Crippen LogP contribution in [0.3, 0.4) is 0 Å². The van der Waals surface area contributed by atoms with E-state index in [1.165, 1.54) is 23.8 Å². The number of hydrogen-bond acceptors (Lipinski definition) is 4. The summed E-state index contributed by atoms with van der Waals surface area (Å²) in [5.41, 5.74) is 3.42. The lowest BCUT2D eigenvalue weighted by atomic mass is 9.91. The highest BCUT2D eigenvalue weighted by Gasteiger charge is 2.17. The molecule has 1 aliphatic carbocycles. The average molecular weight is 402 g/mol. The van der Waals surface area contributed by atoms with Crippen LogP contribution in [0.1, 0.15) is 48.9 Å². The van der Waals surface area contributed by atoms with Gasteiger partial charge in [0, 0.05) is 6.26 Å². The minimum Gasteiger partial charge on any atom is -0.483 e. The molecular weight excluding hydrogens is 374 g/mol. The second kappa shape index (κ2) is 8.78. The molecule has 28 heavy (non-hydrogen) atoms. The van der Waals surface area contributed by atoms with Gasteiger partial charge in [-0.3, -0.25) is 4.79 Å². The number of hydrogen-bond donors (Lipinski definition) is 1. The summed E-state index contributed by atoms with van der Waals surface area (Å²) in [5.74, 6) is 0.616. The number of amides is 1. The quantitative estimate of drug-likeness (QED) is 0.769. The van der Waals surface area contributed by atoms with Crippen molar-refractivity contribution in [1.29, 1.82) is 0 Å². The van der Waals surface area contributed by atoms with Crippen LogP contribution in [0.2, 0.25) is 0 Å². The fraction of sp³-hybridized carbons (Fsp3) is 0.409. The molecule has 150 valence electrons. The number of sulfone groups is 1. The van der Waals surface area contributed by atoms with Gasteiger partial charge in [0.1, 0.15) is 5.75 Å². The van der Waals surface area contributed by atoms with Crippen LogP contribution in [0.15, 0.2) is 47.4 Å². The fourth-order valence-electron chi connectivity index (χ4n) is 3.63. The van der Waals surface area contributed by atoms with Crippen LogP contribution in [0.25, 0.3) is 0 Å². The highest BCUT2D eigenvalue weighted by atomic mass is 32.2. The molecule has 0 aromatic heterocycles. The molecule has 2 aromatic carbocycles. The van der Waals surface area contributed by atoms with Gasteiger partial charge in [-0.2, -0.15) is 0 Å². The van der Waals surface area contributed by atoms with Crippen molar-refractivity contribution in [3.8, 4) is 5.75 Å². The van der Waals surface area contributed by atoms with Crippen LogP contribution in [0, 0.1) is 0 Å². The zero-order chi connectivity index (χ0) is 20.1. The second-order valence-corrected chi connectivity index (χ2v) is 9.27. The van der Waals surface area contributed by atoms with Crippen LogP contribution >= 0.6 is 0 Å². The molecule has 1 N–H and O–H groups in total. The largest absolute Gasteiger partial charge is 0.483 e. The van der Waals surface area contributed by atoms with Gasteiger partial charge in [0.2, 0.25) is 0 Å². The van der Waals surface area contributed by atoms with E-state index in [0.29, 0.717) is 6.42 Å². The molecule has 0 saturated carbocycles. The molecule has 0 bridgehead atoms. The molecule has 0 saturated heterocycles. The summed E-state index contributed by atoms with van der Waals surface area (Å²) >= 11 is 0. The monoisotopic (exact) mass is 401 g/mol. The smallest absolute Gasteiger partial charge is 0.258 e. The van der Waals surface area contributed by atoms with Gasteiger partial charge >= 0.3 is 0 Å². The molecular formula is C22H27NO4S. The Kier molecular flexibility index (Phi) is 6.39. The number of ether oxygens (including phenoxy) is 1. The first-order chi connectivity index (χ1) is 13.4. The van der Waals surface area contributed by atoms with Crippen molar-refractivity contribution in [2.24, 2.45) is 0 Å². The second-order valence-electron chi connectivity index (χ2n) is 7.26. The molecule has 3 rings (SSSR count). The summed E-state index contributed by atoms with van der Waals surface area (Å²) in [6.07, 6.45) is 6.30. The minimum absolute atomic E-state index is 0.0334. The normalized spacial score (nSPS) is 14.8. The van der Waals surface area contributed by atoms with Crippen molar-refractivity contribution in [3.63, 3.8) is 0 Å². The van der Waals surface area contributed by atoms with Gasteiger partial charge in [-0.15, -0.1) is 0 Å². The number of benzene rings is 2. The Morgan fingerprint density at radius 1 is 1.11 bits per heavy atom. The van der Waals surface area contributed by atoms with Crippen LogP contribution < -0.4 is 10.1 Å². The number of rotatable bonds is 7. The first-order valence-corrected chi connectivity index (χ1v) is 11.6. The van der Waals surface area contributed by atoms with E-state index in [-0.39, 0.29) is 23.5 Å². The molecule has 0 fully saturated rings. The van der Waals surface area contributed by atoms with Crippen LogP contribution in [-0.4, -0.2) is 27.2 Å². The third kappa shape index (κ3) is 4.93. The van der Waals surface area contributed by atoms with Crippen LogP contribution in [-0.2, 0) is 27.5 Å².